The molecular weight excluding hydrogens is 278 g/mol. The Bertz CT molecular complexity index is 629. The quantitative estimate of drug-likeness (QED) is 0.592. The van der Waals surface area contributed by atoms with Gasteiger partial charge in [-0.2, -0.15) is 10.2 Å². The third-order valence-electron chi connectivity index (χ3n) is 3.54. The first-order chi connectivity index (χ1) is 10.7. The van der Waals surface area contributed by atoms with Gasteiger partial charge >= 0.3 is 0 Å². The molecule has 0 aliphatic carbocycles. The molecule has 0 bridgehead atoms. The van der Waals surface area contributed by atoms with Crippen molar-refractivity contribution in [1.82, 2.24) is 4.98 Å². The minimum absolute atomic E-state index is 0.178. The second-order valence-electron chi connectivity index (χ2n) is 5.14. The molecule has 1 aliphatic heterocycles. The highest BCUT2D eigenvalue weighted by Gasteiger charge is 2.22. The van der Waals surface area contributed by atoms with Crippen molar-refractivity contribution in [3.8, 4) is 6.07 Å². The minimum atomic E-state index is 0.178. The third-order valence-corrected chi connectivity index (χ3v) is 3.54. The van der Waals surface area contributed by atoms with E-state index in [2.05, 4.69) is 22.5 Å². The molecule has 1 fully saturated rings. The normalized spacial score (nSPS) is 15.8. The fourth-order valence-electron chi connectivity index (χ4n) is 2.24. The zero-order valence-electron chi connectivity index (χ0n) is 13.1. The van der Waals surface area contributed by atoms with E-state index in [0.717, 1.165) is 31.5 Å². The predicted octanol–water partition coefficient (Wildman–Crippen LogP) is 3.70. The number of hydrogen-bond acceptors (Lipinski definition) is 5. The molecule has 1 aromatic heterocycles. The van der Waals surface area contributed by atoms with Gasteiger partial charge in [-0.05, 0) is 38.8 Å². The molecule has 0 aromatic carbocycles. The number of aromatic nitrogens is 1. The molecular formula is C17H21N3O2. The Kier molecular flexibility index (Phi) is 5.42. The average molecular weight is 299 g/mol. The lowest BCUT2D eigenvalue weighted by atomic mass is 10.2. The Labute approximate surface area is 131 Å². The van der Waals surface area contributed by atoms with E-state index in [0.29, 0.717) is 23.2 Å². The van der Waals surface area contributed by atoms with Crippen LogP contribution in [0, 0.1) is 11.3 Å². The zero-order valence-corrected chi connectivity index (χ0v) is 13.1. The topological polar surface area (TPSA) is 62.3 Å². The Balaban J connectivity index is 2.09. The lowest BCUT2D eigenvalue weighted by Gasteiger charge is -2.12. The molecule has 1 saturated heterocycles. The first-order valence-electron chi connectivity index (χ1n) is 7.42. The predicted molar refractivity (Wildman–Crippen MR) is 85.2 cm³/mol. The molecule has 2 heterocycles. The summed E-state index contributed by atoms with van der Waals surface area (Å²) in [5.74, 6) is 1.62. The minimum Gasteiger partial charge on any atom is -0.484 e. The molecule has 22 heavy (non-hydrogen) atoms. The Morgan fingerprint density at radius 2 is 2.23 bits per heavy atom. The zero-order chi connectivity index (χ0) is 15.9. The van der Waals surface area contributed by atoms with Crippen molar-refractivity contribution in [1.29, 1.82) is 5.26 Å². The van der Waals surface area contributed by atoms with Crippen molar-refractivity contribution < 1.29 is 9.15 Å². The van der Waals surface area contributed by atoms with Gasteiger partial charge in [-0.25, -0.2) is 0 Å². The van der Waals surface area contributed by atoms with Gasteiger partial charge in [0.2, 0.25) is 17.5 Å². The van der Waals surface area contributed by atoms with Gasteiger partial charge in [0.1, 0.15) is 11.8 Å². The molecule has 0 amide bonds. The lowest BCUT2D eigenvalue weighted by molar-refractivity contribution is 0.183. The summed E-state index contributed by atoms with van der Waals surface area (Å²) < 4.78 is 11.4. The number of nitrogens with zero attached hydrogens (tertiary/aromatic N) is 3. The largest absolute Gasteiger partial charge is 0.484 e. The van der Waals surface area contributed by atoms with Crippen molar-refractivity contribution in [2.45, 2.75) is 33.3 Å². The highest BCUT2D eigenvalue weighted by molar-refractivity contribution is 5.48. The van der Waals surface area contributed by atoms with Crippen LogP contribution in [-0.2, 0) is 11.3 Å². The van der Waals surface area contributed by atoms with Gasteiger partial charge in [-0.1, -0.05) is 18.2 Å². The molecule has 1 aliphatic rings. The monoisotopic (exact) mass is 299 g/mol. The van der Waals surface area contributed by atoms with E-state index < -0.39 is 0 Å². The van der Waals surface area contributed by atoms with Crippen LogP contribution in [-0.4, -0.2) is 18.1 Å². The third kappa shape index (κ3) is 3.79. The molecule has 0 atom stereocenters. The van der Waals surface area contributed by atoms with Crippen LogP contribution in [0.1, 0.15) is 38.3 Å². The number of oxazole rings is 1. The first kappa shape index (κ1) is 15.9. The lowest BCUT2D eigenvalue weighted by Crippen LogP contribution is -2.17. The summed E-state index contributed by atoms with van der Waals surface area (Å²) in [6.07, 6.45) is 7.75. The van der Waals surface area contributed by atoms with Gasteiger partial charge in [-0.15, -0.1) is 0 Å². The molecule has 5 nitrogen and oxygen atoms in total. The van der Waals surface area contributed by atoms with Crippen molar-refractivity contribution in [2.75, 3.05) is 18.0 Å². The standard InChI is InChI=1S/C17H21N3O2/c1-4-13(3)10-14(5-2)21-12-16-19-15(11-18)17(22-16)20-8-6-7-9-20/h4-5,10H,2,6-9,12H2,1,3H3. The number of hydrogen-bond donors (Lipinski definition) is 0. The van der Waals surface area contributed by atoms with Crippen molar-refractivity contribution in [3.63, 3.8) is 0 Å². The summed E-state index contributed by atoms with van der Waals surface area (Å²) in [5.41, 5.74) is 1.41. The van der Waals surface area contributed by atoms with Crippen LogP contribution in [0.25, 0.3) is 0 Å². The van der Waals surface area contributed by atoms with Gasteiger partial charge in [0.05, 0.1) is 0 Å². The molecule has 0 spiro atoms. The number of allylic oxidation sites excluding steroid dienone is 4. The number of nitriles is 1. The van der Waals surface area contributed by atoms with Crippen molar-refractivity contribution in [3.05, 3.63) is 47.7 Å². The summed E-state index contributed by atoms with van der Waals surface area (Å²) in [6.45, 7) is 9.66. The van der Waals surface area contributed by atoms with E-state index in [9.17, 15) is 5.26 Å². The van der Waals surface area contributed by atoms with E-state index in [-0.39, 0.29) is 6.61 Å². The fourth-order valence-corrected chi connectivity index (χ4v) is 2.24. The molecule has 0 radical (unpaired) electrons. The van der Waals surface area contributed by atoms with Crippen LogP contribution >= 0.6 is 0 Å². The van der Waals surface area contributed by atoms with E-state index in [4.69, 9.17) is 9.15 Å². The van der Waals surface area contributed by atoms with Gasteiger partial charge in [0.15, 0.2) is 6.61 Å². The molecule has 0 unspecified atom stereocenters. The maximum atomic E-state index is 9.19. The van der Waals surface area contributed by atoms with Crippen LogP contribution in [0.5, 0.6) is 0 Å². The summed E-state index contributed by atoms with van der Waals surface area (Å²) in [6, 6.07) is 2.09. The first-order valence-corrected chi connectivity index (χ1v) is 7.42. The van der Waals surface area contributed by atoms with Crippen molar-refractivity contribution in [2.24, 2.45) is 0 Å². The number of anilines is 1. The molecule has 0 N–H and O–H groups in total. The summed E-state index contributed by atoms with van der Waals surface area (Å²) in [4.78, 5) is 6.27. The van der Waals surface area contributed by atoms with Crippen LogP contribution < -0.4 is 4.90 Å². The maximum Gasteiger partial charge on any atom is 0.236 e. The number of rotatable bonds is 6. The van der Waals surface area contributed by atoms with E-state index in [1.54, 1.807) is 6.08 Å². The second kappa shape index (κ2) is 7.51. The molecule has 5 heteroatoms. The van der Waals surface area contributed by atoms with Crippen LogP contribution in [0.4, 0.5) is 5.88 Å². The maximum absolute atomic E-state index is 9.19. The molecule has 1 aromatic rings. The Morgan fingerprint density at radius 3 is 2.82 bits per heavy atom. The SMILES string of the molecule is C=CC(=CC(C)=CC)OCc1nc(C#N)c(N2CCCC2)o1. The van der Waals surface area contributed by atoms with Crippen LogP contribution in [0.3, 0.4) is 0 Å². The van der Waals surface area contributed by atoms with E-state index >= 15 is 0 Å². The van der Waals surface area contributed by atoms with Gasteiger partial charge < -0.3 is 14.1 Å². The number of ether oxygens (including phenoxy) is 1. The van der Waals surface area contributed by atoms with Crippen LogP contribution in [0.15, 0.2) is 40.6 Å². The van der Waals surface area contributed by atoms with E-state index in [1.807, 2.05) is 26.0 Å². The molecule has 2 rings (SSSR count). The second-order valence-corrected chi connectivity index (χ2v) is 5.14. The summed E-state index contributed by atoms with van der Waals surface area (Å²) >= 11 is 0. The Hall–Kier alpha value is -2.48. The fraction of sp³-hybridized carbons (Fsp3) is 0.412. The Morgan fingerprint density at radius 1 is 1.50 bits per heavy atom. The molecule has 116 valence electrons. The smallest absolute Gasteiger partial charge is 0.236 e. The summed E-state index contributed by atoms with van der Waals surface area (Å²) in [7, 11) is 0. The van der Waals surface area contributed by atoms with E-state index in [1.165, 1.54) is 0 Å². The van der Waals surface area contributed by atoms with Gasteiger partial charge in [-0.3, -0.25) is 0 Å². The van der Waals surface area contributed by atoms with Crippen molar-refractivity contribution >= 4 is 5.88 Å². The molecule has 0 saturated carbocycles. The van der Waals surface area contributed by atoms with Gasteiger partial charge in [0, 0.05) is 13.1 Å². The highest BCUT2D eigenvalue weighted by Crippen LogP contribution is 2.26. The van der Waals surface area contributed by atoms with Gasteiger partial charge in [0.25, 0.3) is 0 Å². The highest BCUT2D eigenvalue weighted by atomic mass is 16.5. The average Bonchev–Trinajstić information content (AvgIpc) is 3.19. The van der Waals surface area contributed by atoms with Crippen LogP contribution in [0.2, 0.25) is 0 Å². The summed E-state index contributed by atoms with van der Waals surface area (Å²) in [5, 5.41) is 9.19.